The Hall–Kier alpha value is -1.35. The van der Waals surface area contributed by atoms with E-state index in [-0.39, 0.29) is 6.61 Å². The smallest absolute Gasteiger partial charge is 0.0918 e. The van der Waals surface area contributed by atoms with Gasteiger partial charge in [0.1, 0.15) is 0 Å². The monoisotopic (exact) mass is 300 g/mol. The Morgan fingerprint density at radius 2 is 2.14 bits per heavy atom. The second-order valence-corrected chi connectivity index (χ2v) is 7.79. The van der Waals surface area contributed by atoms with Gasteiger partial charge in [0, 0.05) is 17.0 Å². The molecule has 1 aliphatic rings. The van der Waals surface area contributed by atoms with Crippen LogP contribution in [0.2, 0.25) is 0 Å². The molecule has 0 aromatic carbocycles. The van der Waals surface area contributed by atoms with Crippen molar-refractivity contribution in [1.29, 1.82) is 0 Å². The molecular weight excluding hydrogens is 272 g/mol. The number of hydrogen-bond donors (Lipinski definition) is 2. The summed E-state index contributed by atoms with van der Waals surface area (Å²) >= 11 is 0. The molecule has 2 N–H and O–H groups in total. The van der Waals surface area contributed by atoms with E-state index < -0.39 is 0 Å². The number of aliphatic hydroxyl groups excluding tert-OH is 1. The third-order valence-electron chi connectivity index (χ3n) is 5.21. The van der Waals surface area contributed by atoms with Crippen molar-refractivity contribution < 1.29 is 5.11 Å². The van der Waals surface area contributed by atoms with Gasteiger partial charge in [-0.2, -0.15) is 0 Å². The number of nitrogens with zero attached hydrogens (tertiary/aromatic N) is 1. The number of rotatable bonds is 3. The van der Waals surface area contributed by atoms with E-state index in [1.807, 2.05) is 0 Å². The fourth-order valence-electron chi connectivity index (χ4n) is 3.76. The largest absolute Gasteiger partial charge is 0.390 e. The summed E-state index contributed by atoms with van der Waals surface area (Å²) in [5, 5.41) is 9.60. The van der Waals surface area contributed by atoms with Crippen LogP contribution in [0.15, 0.2) is 6.07 Å². The first-order chi connectivity index (χ1) is 10.4. The van der Waals surface area contributed by atoms with Crippen LogP contribution < -0.4 is 0 Å². The van der Waals surface area contributed by atoms with Crippen LogP contribution in [0.25, 0.3) is 11.0 Å². The lowest BCUT2D eigenvalue weighted by Crippen LogP contribution is -2.27. The highest BCUT2D eigenvalue weighted by Crippen LogP contribution is 2.38. The summed E-state index contributed by atoms with van der Waals surface area (Å²) in [5.74, 6) is 0.724. The van der Waals surface area contributed by atoms with Gasteiger partial charge in [-0.3, -0.25) is 4.98 Å². The normalized spacial score (nSPS) is 18.7. The standard InChI is InChI=1S/C19H28N2O/c1-5-6-14-17(11-22)20-16-10-12-9-13(19(2,3)4)7-8-15(12)21-18(14)16/h10,13,20,22H,5-9,11H2,1-4H3. The van der Waals surface area contributed by atoms with Crippen molar-refractivity contribution >= 4 is 11.0 Å². The zero-order chi connectivity index (χ0) is 15.9. The molecule has 2 heterocycles. The molecule has 2 aromatic rings. The summed E-state index contributed by atoms with van der Waals surface area (Å²) in [7, 11) is 0. The molecule has 3 heteroatoms. The van der Waals surface area contributed by atoms with Gasteiger partial charge in [-0.05, 0) is 48.6 Å². The van der Waals surface area contributed by atoms with Crippen LogP contribution >= 0.6 is 0 Å². The van der Waals surface area contributed by atoms with Gasteiger partial charge in [-0.15, -0.1) is 0 Å². The van der Waals surface area contributed by atoms with Crippen molar-refractivity contribution in [3.05, 3.63) is 28.6 Å². The van der Waals surface area contributed by atoms with Crippen LogP contribution in [0.4, 0.5) is 0 Å². The van der Waals surface area contributed by atoms with Crippen molar-refractivity contribution in [2.45, 2.75) is 66.4 Å². The lowest BCUT2D eigenvalue weighted by Gasteiger charge is -2.34. The Balaban J connectivity index is 2.05. The molecule has 1 aliphatic carbocycles. The first-order valence-corrected chi connectivity index (χ1v) is 8.57. The number of fused-ring (bicyclic) bond motifs is 2. The van der Waals surface area contributed by atoms with Crippen molar-refractivity contribution in [3.63, 3.8) is 0 Å². The maximum atomic E-state index is 9.60. The number of nitrogens with one attached hydrogen (secondary N) is 1. The fraction of sp³-hybridized carbons (Fsp3) is 0.632. The number of aliphatic hydroxyl groups is 1. The van der Waals surface area contributed by atoms with Crippen LogP contribution in [0.1, 0.15) is 63.1 Å². The summed E-state index contributed by atoms with van der Waals surface area (Å²) in [6.07, 6.45) is 5.49. The molecular formula is C19H28N2O. The highest BCUT2D eigenvalue weighted by molar-refractivity contribution is 5.81. The number of aryl methyl sites for hydroxylation is 2. The van der Waals surface area contributed by atoms with E-state index >= 15 is 0 Å². The number of pyridine rings is 1. The first kappa shape index (κ1) is 15.5. The Kier molecular flexibility index (Phi) is 4.02. The molecule has 0 saturated heterocycles. The number of aromatic amines is 1. The first-order valence-electron chi connectivity index (χ1n) is 8.57. The zero-order valence-electron chi connectivity index (χ0n) is 14.3. The van der Waals surface area contributed by atoms with E-state index in [0.717, 1.165) is 48.3 Å². The molecule has 0 amide bonds. The van der Waals surface area contributed by atoms with Gasteiger partial charge < -0.3 is 10.1 Å². The van der Waals surface area contributed by atoms with Crippen LogP contribution in [0.5, 0.6) is 0 Å². The number of aromatic nitrogens is 2. The van der Waals surface area contributed by atoms with E-state index in [4.69, 9.17) is 4.98 Å². The molecule has 0 fully saturated rings. The molecule has 0 saturated carbocycles. The molecule has 120 valence electrons. The minimum Gasteiger partial charge on any atom is -0.390 e. The average molecular weight is 300 g/mol. The Bertz CT molecular complexity index is 679. The minimum absolute atomic E-state index is 0.0704. The maximum absolute atomic E-state index is 9.60. The Labute approximate surface area is 133 Å². The van der Waals surface area contributed by atoms with E-state index in [1.54, 1.807) is 0 Å². The SMILES string of the molecule is CCCc1c(CO)[nH]c2cc3c(nc12)CCC(C(C)(C)C)C3. The molecule has 2 aromatic heterocycles. The summed E-state index contributed by atoms with van der Waals surface area (Å²) in [6.45, 7) is 9.26. The van der Waals surface area contributed by atoms with Crippen molar-refractivity contribution in [1.82, 2.24) is 9.97 Å². The second-order valence-electron chi connectivity index (χ2n) is 7.79. The van der Waals surface area contributed by atoms with Crippen molar-refractivity contribution in [3.8, 4) is 0 Å². The summed E-state index contributed by atoms with van der Waals surface area (Å²) in [4.78, 5) is 8.37. The Morgan fingerprint density at radius 3 is 2.77 bits per heavy atom. The van der Waals surface area contributed by atoms with Gasteiger partial charge in [0.05, 0.1) is 17.6 Å². The minimum atomic E-state index is 0.0704. The van der Waals surface area contributed by atoms with Gasteiger partial charge in [-0.25, -0.2) is 0 Å². The molecule has 3 nitrogen and oxygen atoms in total. The van der Waals surface area contributed by atoms with Gasteiger partial charge in [0.15, 0.2) is 0 Å². The fourth-order valence-corrected chi connectivity index (χ4v) is 3.76. The second kappa shape index (κ2) is 5.69. The summed E-state index contributed by atoms with van der Waals surface area (Å²) in [6, 6.07) is 2.29. The average Bonchev–Trinajstić information content (AvgIpc) is 2.81. The molecule has 1 atom stereocenters. The number of H-pyrrole nitrogens is 1. The predicted molar refractivity (Wildman–Crippen MR) is 91.0 cm³/mol. The van der Waals surface area contributed by atoms with Crippen LogP contribution in [-0.2, 0) is 25.9 Å². The molecule has 0 spiro atoms. The summed E-state index contributed by atoms with van der Waals surface area (Å²) < 4.78 is 0. The topological polar surface area (TPSA) is 48.9 Å². The third kappa shape index (κ3) is 2.67. The third-order valence-corrected chi connectivity index (χ3v) is 5.21. The Morgan fingerprint density at radius 1 is 1.36 bits per heavy atom. The van der Waals surface area contributed by atoms with Crippen LogP contribution in [0.3, 0.4) is 0 Å². The molecule has 0 bridgehead atoms. The van der Waals surface area contributed by atoms with Gasteiger partial charge >= 0.3 is 0 Å². The zero-order valence-corrected chi connectivity index (χ0v) is 14.3. The highest BCUT2D eigenvalue weighted by atomic mass is 16.3. The van der Waals surface area contributed by atoms with E-state index in [1.165, 1.54) is 23.2 Å². The lowest BCUT2D eigenvalue weighted by atomic mass is 9.71. The molecule has 1 unspecified atom stereocenters. The van der Waals surface area contributed by atoms with Gasteiger partial charge in [0.2, 0.25) is 0 Å². The van der Waals surface area contributed by atoms with Gasteiger partial charge in [-0.1, -0.05) is 34.1 Å². The summed E-state index contributed by atoms with van der Waals surface area (Å²) in [5.41, 5.74) is 7.35. The predicted octanol–water partition coefficient (Wildman–Crippen LogP) is 4.16. The molecule has 3 rings (SSSR count). The van der Waals surface area contributed by atoms with E-state index in [2.05, 4.69) is 38.7 Å². The van der Waals surface area contributed by atoms with E-state index in [0.29, 0.717) is 5.41 Å². The highest BCUT2D eigenvalue weighted by Gasteiger charge is 2.29. The van der Waals surface area contributed by atoms with Gasteiger partial charge in [0.25, 0.3) is 0 Å². The van der Waals surface area contributed by atoms with Crippen molar-refractivity contribution in [2.24, 2.45) is 11.3 Å². The molecule has 0 radical (unpaired) electrons. The quantitative estimate of drug-likeness (QED) is 0.894. The van der Waals surface area contributed by atoms with E-state index in [9.17, 15) is 5.11 Å². The molecule has 22 heavy (non-hydrogen) atoms. The lowest BCUT2D eigenvalue weighted by molar-refractivity contribution is 0.215. The van der Waals surface area contributed by atoms with Crippen molar-refractivity contribution in [2.75, 3.05) is 0 Å². The van der Waals surface area contributed by atoms with Crippen LogP contribution in [-0.4, -0.2) is 15.1 Å². The van der Waals surface area contributed by atoms with Crippen LogP contribution in [0, 0.1) is 11.3 Å². The number of hydrogen-bond acceptors (Lipinski definition) is 2. The maximum Gasteiger partial charge on any atom is 0.0918 e. The molecule has 0 aliphatic heterocycles.